The van der Waals surface area contributed by atoms with Crippen LogP contribution >= 0.6 is 0 Å². The van der Waals surface area contributed by atoms with Gasteiger partial charge in [-0.25, -0.2) is 9.59 Å². The number of hydrogen-bond acceptors (Lipinski definition) is 3. The topological polar surface area (TPSA) is 83.8 Å². The van der Waals surface area contributed by atoms with Crippen LogP contribution in [0.4, 0.5) is 37.8 Å². The molecule has 0 rings (SSSR count). The molecule has 0 aliphatic carbocycles. The van der Waals surface area contributed by atoms with Gasteiger partial charge in [0.25, 0.3) is 0 Å². The maximum atomic E-state index is 9.21. The summed E-state index contributed by atoms with van der Waals surface area (Å²) in [6.45, 7) is 0. The van der Waals surface area contributed by atoms with Crippen LogP contribution in [0.15, 0.2) is 0 Å². The Bertz CT molecular complexity index is 95.2. The monoisotopic (exact) mass is 226 g/mol. The second-order valence-corrected chi connectivity index (χ2v) is 0.634. The minimum absolute atomic E-state index is 0. The zero-order valence-electron chi connectivity index (χ0n) is 5.57. The van der Waals surface area contributed by atoms with Gasteiger partial charge in [-0.2, -0.15) is 0 Å². The molecule has 0 saturated heterocycles. The van der Waals surface area contributed by atoms with Gasteiger partial charge in [-0.1, -0.05) is 0 Å². The lowest BCUT2D eigenvalue weighted by molar-refractivity contribution is 0.0802. The Hall–Kier alpha value is -1.68. The van der Waals surface area contributed by atoms with Crippen LogP contribution < -0.4 is 0 Å². The summed E-state index contributed by atoms with van der Waals surface area (Å²) >= 11 is 0. The van der Waals surface area contributed by atoms with Gasteiger partial charge in [0.2, 0.25) is 0 Å². The molecule has 0 saturated carbocycles. The van der Waals surface area contributed by atoms with Crippen molar-refractivity contribution in [2.45, 2.75) is 0 Å². The van der Waals surface area contributed by atoms with Crippen molar-refractivity contribution in [3.63, 3.8) is 0 Å². The standard InChI is InChI=1S/C2H2O5.6FH/c3-1(4)7-2(5)6;;;;;;/h(H,3,4)(H,5,6);6*1H. The first-order valence-electron chi connectivity index (χ1n) is 1.26. The van der Waals surface area contributed by atoms with Crippen molar-refractivity contribution in [1.82, 2.24) is 0 Å². The molecule has 0 aromatic carbocycles. The molecule has 0 heterocycles. The molecule has 11 heteroatoms. The highest BCUT2D eigenvalue weighted by Crippen LogP contribution is 1.73. The van der Waals surface area contributed by atoms with Gasteiger partial charge in [-0.05, 0) is 0 Å². The molecule has 2 N–H and O–H groups in total. The van der Waals surface area contributed by atoms with Gasteiger partial charge in [0.15, 0.2) is 0 Å². The van der Waals surface area contributed by atoms with Crippen LogP contribution in [0.25, 0.3) is 0 Å². The largest absolute Gasteiger partial charge is 0.516 e. The average Bonchev–Trinajstić information content (AvgIpc) is 1.27. The summed E-state index contributed by atoms with van der Waals surface area (Å²) in [7, 11) is 0. The number of carboxylic acid groups (broad SMARTS) is 2. The molecule has 0 fully saturated rings. The lowest BCUT2D eigenvalue weighted by Gasteiger charge is -1.84. The summed E-state index contributed by atoms with van der Waals surface area (Å²) in [5.74, 6) is 0. The Morgan fingerprint density at radius 1 is 0.692 bits per heavy atom. The Labute approximate surface area is 66.5 Å². The molecule has 0 aliphatic heterocycles. The van der Waals surface area contributed by atoms with Gasteiger partial charge in [-0.3, -0.25) is 28.2 Å². The van der Waals surface area contributed by atoms with E-state index < -0.39 is 12.3 Å². The van der Waals surface area contributed by atoms with E-state index in [1.807, 2.05) is 0 Å². The van der Waals surface area contributed by atoms with Crippen molar-refractivity contribution < 1.29 is 52.8 Å². The highest BCUT2D eigenvalue weighted by Gasteiger charge is 2.01. The number of halogens is 6. The zero-order valence-corrected chi connectivity index (χ0v) is 5.57. The second-order valence-electron chi connectivity index (χ2n) is 0.634. The molecule has 0 bridgehead atoms. The molecule has 0 aliphatic rings. The zero-order chi connectivity index (χ0) is 5.86. The Morgan fingerprint density at radius 3 is 0.846 bits per heavy atom. The smallest absolute Gasteiger partial charge is 0.449 e. The third kappa shape index (κ3) is 133. The van der Waals surface area contributed by atoms with E-state index in [4.69, 9.17) is 10.2 Å². The molecule has 0 radical (unpaired) electrons. The molecule has 0 amide bonds. The summed E-state index contributed by atoms with van der Waals surface area (Å²) in [5.41, 5.74) is 0. The van der Waals surface area contributed by atoms with Crippen molar-refractivity contribution in [3.8, 4) is 0 Å². The summed E-state index contributed by atoms with van der Waals surface area (Å²) < 4.78 is 3.08. The van der Waals surface area contributed by atoms with Crippen molar-refractivity contribution in [3.05, 3.63) is 0 Å². The lowest BCUT2D eigenvalue weighted by Crippen LogP contribution is -2.05. The third-order valence-electron chi connectivity index (χ3n) is 0.175. The minimum atomic E-state index is -1.81. The molecule has 0 atom stereocenters. The Morgan fingerprint density at radius 2 is 0.846 bits per heavy atom. The molecule has 13 heavy (non-hydrogen) atoms. The fraction of sp³-hybridized carbons (Fsp3) is 0. The first kappa shape index (κ1) is 64.6. The molecule has 0 unspecified atom stereocenters. The number of rotatable bonds is 0. The maximum Gasteiger partial charge on any atom is 0.516 e. The van der Waals surface area contributed by atoms with Crippen LogP contribution in [-0.2, 0) is 4.74 Å². The van der Waals surface area contributed by atoms with Gasteiger partial charge >= 0.3 is 12.3 Å². The van der Waals surface area contributed by atoms with Crippen LogP contribution in [0.5, 0.6) is 0 Å². The molecule has 88 valence electrons. The van der Waals surface area contributed by atoms with E-state index in [9.17, 15) is 9.59 Å². The van der Waals surface area contributed by atoms with Crippen molar-refractivity contribution >= 4 is 12.3 Å². The van der Waals surface area contributed by atoms with Gasteiger partial charge in [-0.15, -0.1) is 0 Å². The normalized spacial score (nSPS) is 4.00. The summed E-state index contributed by atoms with van der Waals surface area (Å²) in [4.78, 5) is 18.4. The quantitative estimate of drug-likeness (QED) is 0.369. The second kappa shape index (κ2) is 31.7. The predicted octanol–water partition coefficient (Wildman–Crippen LogP) is 1.27. The molecular formula is C2H8F6O5. The summed E-state index contributed by atoms with van der Waals surface area (Å²) in [6.07, 6.45) is -3.62. The van der Waals surface area contributed by atoms with Crippen molar-refractivity contribution in [2.24, 2.45) is 0 Å². The van der Waals surface area contributed by atoms with Gasteiger partial charge < -0.3 is 14.9 Å². The maximum absolute atomic E-state index is 9.21. The lowest BCUT2D eigenvalue weighted by atomic mass is 11.3. The third-order valence-corrected chi connectivity index (χ3v) is 0.175. The molecule has 0 spiro atoms. The SMILES string of the molecule is F.F.F.F.F.F.O=C(O)OC(=O)O. The first-order valence-corrected chi connectivity index (χ1v) is 1.26. The number of carbonyl (C=O) groups is 2. The van der Waals surface area contributed by atoms with E-state index in [2.05, 4.69) is 4.74 Å². The summed E-state index contributed by atoms with van der Waals surface area (Å²) in [6, 6.07) is 0. The van der Waals surface area contributed by atoms with Crippen LogP contribution in [0, 0.1) is 0 Å². The predicted molar refractivity (Wildman–Crippen MR) is 32.2 cm³/mol. The molecular weight excluding hydrogens is 218 g/mol. The van der Waals surface area contributed by atoms with Crippen molar-refractivity contribution in [1.29, 1.82) is 0 Å². The van der Waals surface area contributed by atoms with Crippen LogP contribution in [0.1, 0.15) is 0 Å². The van der Waals surface area contributed by atoms with Crippen molar-refractivity contribution in [2.75, 3.05) is 0 Å². The van der Waals surface area contributed by atoms with Crippen LogP contribution in [0.2, 0.25) is 0 Å². The van der Waals surface area contributed by atoms with E-state index in [0.29, 0.717) is 0 Å². The van der Waals surface area contributed by atoms with E-state index in [1.165, 1.54) is 0 Å². The van der Waals surface area contributed by atoms with Crippen LogP contribution in [0.3, 0.4) is 0 Å². The van der Waals surface area contributed by atoms with E-state index in [1.54, 1.807) is 0 Å². The number of hydrogen-bond donors (Lipinski definition) is 2. The number of ether oxygens (including phenoxy) is 1. The van der Waals surface area contributed by atoms with Crippen LogP contribution in [-0.4, -0.2) is 22.5 Å². The van der Waals surface area contributed by atoms with Gasteiger partial charge in [0, 0.05) is 0 Å². The Balaban J connectivity index is -0.0000000120. The van der Waals surface area contributed by atoms with E-state index in [-0.39, 0.29) is 28.2 Å². The Kier molecular flexibility index (Phi) is 157. The first-order chi connectivity index (χ1) is 3.13. The van der Waals surface area contributed by atoms with E-state index in [0.717, 1.165) is 0 Å². The van der Waals surface area contributed by atoms with E-state index >= 15 is 0 Å². The molecule has 5 nitrogen and oxygen atoms in total. The van der Waals surface area contributed by atoms with Gasteiger partial charge in [0.1, 0.15) is 0 Å². The highest BCUT2D eigenvalue weighted by molar-refractivity contribution is 5.74. The van der Waals surface area contributed by atoms with Gasteiger partial charge in [0.05, 0.1) is 0 Å². The minimum Gasteiger partial charge on any atom is -0.449 e. The molecule has 0 aromatic rings. The fourth-order valence-electron chi connectivity index (χ4n) is 0.0747. The average molecular weight is 226 g/mol. The summed E-state index contributed by atoms with van der Waals surface area (Å²) in [5, 5.41) is 15.0. The fourth-order valence-corrected chi connectivity index (χ4v) is 0.0747. The molecule has 0 aromatic heterocycles. The highest BCUT2D eigenvalue weighted by atomic mass is 19.0.